The SMILES string of the molecule is CCC(=O)Cc1nc(C)c(C(=O)C[C@@H](C)c2ccc(O[C@@H]3CCN(C(=O)OCc4ccccc4)C3)cc2)s1. The molecule has 1 saturated heterocycles. The third-order valence-corrected chi connectivity index (χ3v) is 7.89. The van der Waals surface area contributed by atoms with E-state index in [1.165, 1.54) is 11.3 Å². The smallest absolute Gasteiger partial charge is 0.410 e. The number of likely N-dealkylation sites (tertiary alicyclic amines) is 1. The Balaban J connectivity index is 1.25. The molecule has 1 aliphatic rings. The van der Waals surface area contributed by atoms with Gasteiger partial charge in [-0.15, -0.1) is 11.3 Å². The maximum atomic E-state index is 12.9. The molecule has 1 aromatic heterocycles. The summed E-state index contributed by atoms with van der Waals surface area (Å²) in [7, 11) is 0. The third kappa shape index (κ3) is 7.28. The van der Waals surface area contributed by atoms with Crippen LogP contribution in [0, 0.1) is 6.92 Å². The molecule has 38 heavy (non-hydrogen) atoms. The molecule has 2 atom stereocenters. The van der Waals surface area contributed by atoms with Crippen molar-refractivity contribution in [2.45, 2.75) is 65.1 Å². The lowest BCUT2D eigenvalue weighted by atomic mass is 9.95. The number of nitrogens with zero attached hydrogens (tertiary/aromatic N) is 2. The van der Waals surface area contributed by atoms with Crippen molar-refractivity contribution in [1.82, 2.24) is 9.88 Å². The van der Waals surface area contributed by atoms with Crippen molar-refractivity contribution in [3.05, 3.63) is 81.3 Å². The van der Waals surface area contributed by atoms with Gasteiger partial charge in [0.25, 0.3) is 0 Å². The van der Waals surface area contributed by atoms with Gasteiger partial charge in [0, 0.05) is 25.8 Å². The van der Waals surface area contributed by atoms with Gasteiger partial charge < -0.3 is 14.4 Å². The Hall–Kier alpha value is -3.52. The van der Waals surface area contributed by atoms with Crippen molar-refractivity contribution < 1.29 is 23.9 Å². The van der Waals surface area contributed by atoms with Crippen LogP contribution < -0.4 is 4.74 Å². The lowest BCUT2D eigenvalue weighted by Gasteiger charge is -2.18. The van der Waals surface area contributed by atoms with E-state index in [9.17, 15) is 14.4 Å². The zero-order valence-electron chi connectivity index (χ0n) is 22.1. The van der Waals surface area contributed by atoms with Crippen molar-refractivity contribution in [3.63, 3.8) is 0 Å². The number of ether oxygens (including phenoxy) is 2. The van der Waals surface area contributed by atoms with E-state index in [2.05, 4.69) is 4.98 Å². The Bertz CT molecular complexity index is 1260. The summed E-state index contributed by atoms with van der Waals surface area (Å²) < 4.78 is 11.5. The van der Waals surface area contributed by atoms with Crippen molar-refractivity contribution in [3.8, 4) is 5.75 Å². The molecule has 1 aliphatic heterocycles. The number of thiazole rings is 1. The van der Waals surface area contributed by atoms with E-state index in [1.54, 1.807) is 4.90 Å². The molecule has 0 saturated carbocycles. The number of aryl methyl sites for hydroxylation is 1. The fraction of sp³-hybridized carbons (Fsp3) is 0.400. The zero-order chi connectivity index (χ0) is 27.1. The molecule has 0 aliphatic carbocycles. The summed E-state index contributed by atoms with van der Waals surface area (Å²) in [6, 6.07) is 17.4. The molecule has 4 rings (SSSR count). The van der Waals surface area contributed by atoms with Crippen LogP contribution in [0.3, 0.4) is 0 Å². The van der Waals surface area contributed by atoms with Gasteiger partial charge in [0.15, 0.2) is 5.78 Å². The standard InChI is InChI=1S/C30H34N2O5S/c1-4-24(33)17-28-31-21(3)29(38-28)27(34)16-20(2)23-10-12-25(13-11-23)37-26-14-15-32(18-26)30(35)36-19-22-8-6-5-7-9-22/h5-13,20,26H,4,14-19H2,1-3H3/t20-,26-/m1/s1. The maximum absolute atomic E-state index is 12.9. The van der Waals surface area contributed by atoms with Crippen molar-refractivity contribution in [2.24, 2.45) is 0 Å². The number of benzene rings is 2. The quantitative estimate of drug-likeness (QED) is 0.275. The first-order valence-corrected chi connectivity index (χ1v) is 13.9. The lowest BCUT2D eigenvalue weighted by molar-refractivity contribution is -0.118. The molecule has 0 bridgehead atoms. The highest BCUT2D eigenvalue weighted by molar-refractivity contribution is 7.14. The first kappa shape index (κ1) is 27.5. The van der Waals surface area contributed by atoms with E-state index in [0.717, 1.165) is 23.3 Å². The summed E-state index contributed by atoms with van der Waals surface area (Å²) in [6.07, 6.45) is 1.46. The van der Waals surface area contributed by atoms with Crippen LogP contribution in [0.15, 0.2) is 54.6 Å². The van der Waals surface area contributed by atoms with Crippen molar-refractivity contribution in [1.29, 1.82) is 0 Å². The van der Waals surface area contributed by atoms with Gasteiger partial charge in [0.1, 0.15) is 29.3 Å². The molecule has 2 heterocycles. The number of hydrogen-bond donors (Lipinski definition) is 0. The topological polar surface area (TPSA) is 85.8 Å². The number of rotatable bonds is 11. The molecule has 0 radical (unpaired) electrons. The number of aromatic nitrogens is 1. The Morgan fingerprint density at radius 2 is 1.84 bits per heavy atom. The number of amides is 1. The second-order valence-corrected chi connectivity index (χ2v) is 10.8. The molecule has 0 spiro atoms. The van der Waals surface area contributed by atoms with Gasteiger partial charge in [0.2, 0.25) is 0 Å². The summed E-state index contributed by atoms with van der Waals surface area (Å²) >= 11 is 1.33. The minimum atomic E-state index is -0.325. The van der Waals surface area contributed by atoms with Gasteiger partial charge in [0.05, 0.1) is 23.5 Å². The van der Waals surface area contributed by atoms with Gasteiger partial charge >= 0.3 is 6.09 Å². The Morgan fingerprint density at radius 3 is 2.55 bits per heavy atom. The Morgan fingerprint density at radius 1 is 1.11 bits per heavy atom. The molecule has 0 N–H and O–H groups in total. The molecule has 2 aromatic carbocycles. The molecule has 8 heteroatoms. The van der Waals surface area contributed by atoms with E-state index >= 15 is 0 Å². The van der Waals surface area contributed by atoms with Gasteiger partial charge in [-0.3, -0.25) is 9.59 Å². The van der Waals surface area contributed by atoms with Crippen LogP contribution in [-0.2, 0) is 22.6 Å². The lowest BCUT2D eigenvalue weighted by Crippen LogP contribution is -2.31. The maximum Gasteiger partial charge on any atom is 0.410 e. The first-order valence-electron chi connectivity index (χ1n) is 13.1. The first-order chi connectivity index (χ1) is 18.3. The average molecular weight is 535 g/mol. The summed E-state index contributed by atoms with van der Waals surface area (Å²) in [5.74, 6) is 0.940. The number of Topliss-reactive ketones (excluding diaryl/α,β-unsaturated/α-hetero) is 2. The second-order valence-electron chi connectivity index (χ2n) is 9.70. The van der Waals surface area contributed by atoms with E-state index in [4.69, 9.17) is 9.47 Å². The van der Waals surface area contributed by atoms with Gasteiger partial charge in [-0.05, 0) is 36.1 Å². The summed E-state index contributed by atoms with van der Waals surface area (Å²) in [6.45, 7) is 7.03. The van der Waals surface area contributed by atoms with Crippen LogP contribution in [0.4, 0.5) is 4.79 Å². The zero-order valence-corrected chi connectivity index (χ0v) is 23.0. The van der Waals surface area contributed by atoms with Crippen LogP contribution in [0.25, 0.3) is 0 Å². The normalized spacial score (nSPS) is 15.8. The predicted octanol–water partition coefficient (Wildman–Crippen LogP) is 6.14. The summed E-state index contributed by atoms with van der Waals surface area (Å²) in [5.41, 5.74) is 2.70. The van der Waals surface area contributed by atoms with Crippen LogP contribution in [0.2, 0.25) is 0 Å². The van der Waals surface area contributed by atoms with E-state index in [0.29, 0.717) is 47.9 Å². The fourth-order valence-corrected chi connectivity index (χ4v) is 5.48. The number of carbonyl (C=O) groups excluding carboxylic acids is 3. The molecule has 1 amide bonds. The molecule has 3 aromatic rings. The fourth-order valence-electron chi connectivity index (χ4n) is 4.44. The van der Waals surface area contributed by atoms with Crippen LogP contribution in [0.5, 0.6) is 5.75 Å². The van der Waals surface area contributed by atoms with Crippen LogP contribution >= 0.6 is 11.3 Å². The minimum Gasteiger partial charge on any atom is -0.489 e. The van der Waals surface area contributed by atoms with Crippen LogP contribution in [-0.4, -0.2) is 46.7 Å². The Labute approximate surface area is 227 Å². The molecule has 0 unspecified atom stereocenters. The van der Waals surface area contributed by atoms with E-state index < -0.39 is 0 Å². The summed E-state index contributed by atoms with van der Waals surface area (Å²) in [5, 5.41) is 0.710. The number of hydrogen-bond acceptors (Lipinski definition) is 7. The molecule has 1 fully saturated rings. The van der Waals surface area contributed by atoms with Gasteiger partial charge in [-0.1, -0.05) is 56.3 Å². The summed E-state index contributed by atoms with van der Waals surface area (Å²) in [4.78, 5) is 43.9. The molecule has 7 nitrogen and oxygen atoms in total. The highest BCUT2D eigenvalue weighted by Crippen LogP contribution is 2.28. The monoisotopic (exact) mass is 534 g/mol. The van der Waals surface area contributed by atoms with Crippen molar-refractivity contribution >= 4 is 29.0 Å². The largest absolute Gasteiger partial charge is 0.489 e. The van der Waals surface area contributed by atoms with Gasteiger partial charge in [-0.2, -0.15) is 0 Å². The van der Waals surface area contributed by atoms with Crippen molar-refractivity contribution in [2.75, 3.05) is 13.1 Å². The van der Waals surface area contributed by atoms with E-state index in [-0.39, 0.29) is 36.3 Å². The molecular formula is C30H34N2O5S. The van der Waals surface area contributed by atoms with Crippen LogP contribution in [0.1, 0.15) is 70.5 Å². The molecule has 200 valence electrons. The Kier molecular flexibility index (Phi) is 9.29. The second kappa shape index (κ2) is 12.8. The average Bonchev–Trinajstić information content (AvgIpc) is 3.54. The predicted molar refractivity (Wildman–Crippen MR) is 147 cm³/mol. The minimum absolute atomic E-state index is 0.0279. The van der Waals surface area contributed by atoms with Gasteiger partial charge in [-0.25, -0.2) is 9.78 Å². The van der Waals surface area contributed by atoms with E-state index in [1.807, 2.05) is 75.4 Å². The highest BCUT2D eigenvalue weighted by Gasteiger charge is 2.29. The number of carbonyl (C=O) groups is 3. The molecular weight excluding hydrogens is 500 g/mol. The number of ketones is 2. The highest BCUT2D eigenvalue weighted by atomic mass is 32.1. The third-order valence-electron chi connectivity index (χ3n) is 6.69.